The Balaban J connectivity index is 1.83. The second-order valence-corrected chi connectivity index (χ2v) is 6.53. The van der Waals surface area contributed by atoms with Crippen LogP contribution >= 0.6 is 28.1 Å². The molecular formula is C17H10BrF3N2O2S. The molecule has 26 heavy (non-hydrogen) atoms. The average Bonchev–Trinajstić information content (AvgIpc) is 2.81. The van der Waals surface area contributed by atoms with Crippen molar-refractivity contribution in [1.82, 2.24) is 5.32 Å². The molecule has 1 heterocycles. The molecule has 4 nitrogen and oxygen atoms in total. The molecule has 1 fully saturated rings. The Hall–Kier alpha value is -2.39. The van der Waals surface area contributed by atoms with Crippen LogP contribution in [-0.4, -0.2) is 17.4 Å². The highest BCUT2D eigenvalue weighted by atomic mass is 79.9. The quantitative estimate of drug-likeness (QED) is 0.556. The van der Waals surface area contributed by atoms with Crippen molar-refractivity contribution >= 4 is 50.9 Å². The molecule has 1 aliphatic rings. The van der Waals surface area contributed by atoms with E-state index in [1.54, 1.807) is 6.08 Å². The van der Waals surface area contributed by atoms with E-state index in [1.807, 2.05) is 24.3 Å². The van der Waals surface area contributed by atoms with E-state index in [0.29, 0.717) is 5.69 Å². The number of nitrogens with zero attached hydrogens (tertiary/aromatic N) is 1. The lowest BCUT2D eigenvalue weighted by Gasteiger charge is -2.15. The minimum atomic E-state index is -4.78. The van der Waals surface area contributed by atoms with Gasteiger partial charge in [0.15, 0.2) is 5.11 Å². The molecule has 0 aromatic heterocycles. The number of benzene rings is 2. The van der Waals surface area contributed by atoms with Gasteiger partial charge in [-0.3, -0.25) is 9.69 Å². The lowest BCUT2D eigenvalue weighted by atomic mass is 10.2. The second-order valence-electron chi connectivity index (χ2n) is 5.23. The van der Waals surface area contributed by atoms with Gasteiger partial charge in [-0.25, -0.2) is 0 Å². The van der Waals surface area contributed by atoms with Gasteiger partial charge in [-0.05, 0) is 60.3 Å². The molecule has 1 amide bonds. The molecule has 0 unspecified atom stereocenters. The van der Waals surface area contributed by atoms with Crippen molar-refractivity contribution < 1.29 is 22.7 Å². The van der Waals surface area contributed by atoms with Crippen LogP contribution in [0.4, 0.5) is 18.9 Å². The number of hydrogen-bond acceptors (Lipinski definition) is 3. The summed E-state index contributed by atoms with van der Waals surface area (Å²) < 4.78 is 41.4. The van der Waals surface area contributed by atoms with Gasteiger partial charge in [0, 0.05) is 4.47 Å². The van der Waals surface area contributed by atoms with Crippen molar-refractivity contribution in [2.75, 3.05) is 4.90 Å². The topological polar surface area (TPSA) is 41.6 Å². The first-order chi connectivity index (χ1) is 12.2. The van der Waals surface area contributed by atoms with E-state index < -0.39 is 12.3 Å². The zero-order valence-electron chi connectivity index (χ0n) is 12.9. The molecule has 0 atom stereocenters. The number of carbonyl (C=O) groups excluding carboxylic acids is 1. The fraction of sp³-hybridized carbons (Fsp3) is 0.0588. The Morgan fingerprint density at radius 2 is 1.85 bits per heavy atom. The predicted octanol–water partition coefficient (Wildman–Crippen LogP) is 4.61. The summed E-state index contributed by atoms with van der Waals surface area (Å²) in [5.74, 6) is -0.781. The van der Waals surface area contributed by atoms with E-state index in [4.69, 9.17) is 12.2 Å². The smallest absolute Gasteiger partial charge is 0.406 e. The summed E-state index contributed by atoms with van der Waals surface area (Å²) in [4.78, 5) is 13.8. The SMILES string of the molecule is O=C1C(=Cc2cccc(Br)c2)NC(=S)N1c1ccc(OC(F)(F)F)cc1. The fourth-order valence-electron chi connectivity index (χ4n) is 2.33. The van der Waals surface area contributed by atoms with Gasteiger partial charge in [0.25, 0.3) is 5.91 Å². The number of halogens is 4. The number of nitrogens with one attached hydrogen (secondary N) is 1. The number of alkyl halides is 3. The first-order valence-corrected chi connectivity index (χ1v) is 8.41. The van der Waals surface area contributed by atoms with Crippen molar-refractivity contribution in [3.63, 3.8) is 0 Å². The molecule has 0 aliphatic carbocycles. The van der Waals surface area contributed by atoms with E-state index in [2.05, 4.69) is 26.0 Å². The molecule has 1 saturated heterocycles. The minimum absolute atomic E-state index is 0.140. The number of amides is 1. The van der Waals surface area contributed by atoms with E-state index in [0.717, 1.165) is 22.2 Å². The van der Waals surface area contributed by atoms with Crippen molar-refractivity contribution in [2.45, 2.75) is 6.36 Å². The monoisotopic (exact) mass is 442 g/mol. The molecule has 1 aliphatic heterocycles. The summed E-state index contributed by atoms with van der Waals surface area (Å²) in [5, 5.41) is 2.95. The van der Waals surface area contributed by atoms with E-state index >= 15 is 0 Å². The Morgan fingerprint density at radius 3 is 2.46 bits per heavy atom. The van der Waals surface area contributed by atoms with Gasteiger partial charge in [-0.15, -0.1) is 13.2 Å². The van der Waals surface area contributed by atoms with Crippen LogP contribution in [0.5, 0.6) is 5.75 Å². The molecule has 0 radical (unpaired) electrons. The lowest BCUT2D eigenvalue weighted by molar-refractivity contribution is -0.274. The van der Waals surface area contributed by atoms with Crippen LogP contribution in [0.15, 0.2) is 58.7 Å². The van der Waals surface area contributed by atoms with Crippen LogP contribution in [0.3, 0.4) is 0 Å². The van der Waals surface area contributed by atoms with E-state index in [9.17, 15) is 18.0 Å². The van der Waals surface area contributed by atoms with Crippen LogP contribution in [0, 0.1) is 0 Å². The zero-order valence-corrected chi connectivity index (χ0v) is 15.3. The highest BCUT2D eigenvalue weighted by Gasteiger charge is 2.33. The summed E-state index contributed by atoms with van der Waals surface area (Å²) in [6.07, 6.45) is -3.14. The Kier molecular flexibility index (Phi) is 5.01. The van der Waals surface area contributed by atoms with Crippen LogP contribution in [0.25, 0.3) is 6.08 Å². The standard InChI is InChI=1S/C17H10BrF3N2O2S/c18-11-3-1-2-10(8-11)9-14-15(24)23(16(26)22-14)12-4-6-13(7-5-12)25-17(19,20)21/h1-9H,(H,22,26). The van der Waals surface area contributed by atoms with Crippen LogP contribution < -0.4 is 15.0 Å². The Bertz CT molecular complexity index is 898. The highest BCUT2D eigenvalue weighted by Crippen LogP contribution is 2.28. The summed E-state index contributed by atoms with van der Waals surface area (Å²) in [6, 6.07) is 12.2. The van der Waals surface area contributed by atoms with Crippen molar-refractivity contribution in [3.8, 4) is 5.75 Å². The molecule has 0 saturated carbocycles. The van der Waals surface area contributed by atoms with Crippen molar-refractivity contribution in [3.05, 3.63) is 64.3 Å². The summed E-state index contributed by atoms with van der Waals surface area (Å²) in [5.41, 5.74) is 1.39. The Morgan fingerprint density at radius 1 is 1.15 bits per heavy atom. The molecule has 3 rings (SSSR count). The van der Waals surface area contributed by atoms with Gasteiger partial charge in [0.05, 0.1) is 5.69 Å². The number of anilines is 1. The first-order valence-electron chi connectivity index (χ1n) is 7.21. The number of ether oxygens (including phenoxy) is 1. The summed E-state index contributed by atoms with van der Waals surface area (Å²) in [6.45, 7) is 0. The van der Waals surface area contributed by atoms with Crippen molar-refractivity contribution in [1.29, 1.82) is 0 Å². The first kappa shape index (κ1) is 18.4. The zero-order chi connectivity index (χ0) is 18.9. The number of hydrogen-bond donors (Lipinski definition) is 1. The lowest BCUT2D eigenvalue weighted by Crippen LogP contribution is -2.30. The van der Waals surface area contributed by atoms with E-state index in [-0.39, 0.29) is 16.6 Å². The molecular weight excluding hydrogens is 433 g/mol. The third-order valence-electron chi connectivity index (χ3n) is 3.37. The van der Waals surface area contributed by atoms with Gasteiger partial charge in [-0.1, -0.05) is 28.1 Å². The maximum atomic E-state index is 12.6. The maximum Gasteiger partial charge on any atom is 0.573 e. The Labute approximate surface area is 160 Å². The third kappa shape index (κ3) is 4.23. The average molecular weight is 443 g/mol. The molecule has 9 heteroatoms. The largest absolute Gasteiger partial charge is 0.573 e. The fourth-order valence-corrected chi connectivity index (χ4v) is 3.04. The predicted molar refractivity (Wildman–Crippen MR) is 98.5 cm³/mol. The molecule has 0 spiro atoms. The molecule has 2 aromatic rings. The minimum Gasteiger partial charge on any atom is -0.406 e. The van der Waals surface area contributed by atoms with Crippen molar-refractivity contribution in [2.24, 2.45) is 0 Å². The number of carbonyl (C=O) groups is 1. The summed E-state index contributed by atoms with van der Waals surface area (Å²) in [7, 11) is 0. The van der Waals surface area contributed by atoms with Crippen LogP contribution in [0.2, 0.25) is 0 Å². The van der Waals surface area contributed by atoms with Gasteiger partial charge < -0.3 is 10.1 Å². The van der Waals surface area contributed by atoms with Gasteiger partial charge in [0.1, 0.15) is 11.4 Å². The van der Waals surface area contributed by atoms with Crippen LogP contribution in [-0.2, 0) is 4.79 Å². The van der Waals surface area contributed by atoms with Crippen LogP contribution in [0.1, 0.15) is 5.56 Å². The highest BCUT2D eigenvalue weighted by molar-refractivity contribution is 9.10. The van der Waals surface area contributed by atoms with Gasteiger partial charge >= 0.3 is 6.36 Å². The van der Waals surface area contributed by atoms with Gasteiger partial charge in [-0.2, -0.15) is 0 Å². The van der Waals surface area contributed by atoms with Gasteiger partial charge in [0.2, 0.25) is 0 Å². The number of rotatable bonds is 3. The third-order valence-corrected chi connectivity index (χ3v) is 4.14. The van der Waals surface area contributed by atoms with E-state index in [1.165, 1.54) is 17.0 Å². The molecule has 0 bridgehead atoms. The molecule has 2 aromatic carbocycles. The maximum absolute atomic E-state index is 12.6. The second kappa shape index (κ2) is 7.08. The number of thiocarbonyl (C=S) groups is 1. The summed E-state index contributed by atoms with van der Waals surface area (Å²) >= 11 is 8.52. The normalized spacial score (nSPS) is 16.2. The molecule has 134 valence electrons. The molecule has 1 N–H and O–H groups in total.